The molecule has 1 aromatic carbocycles. The maximum atomic E-state index is 12.1. The number of carbonyl (C=O) groups is 2. The van der Waals surface area contributed by atoms with Gasteiger partial charge in [0, 0.05) is 18.7 Å². The molecule has 8 heteroatoms. The maximum absolute atomic E-state index is 12.1. The highest BCUT2D eigenvalue weighted by Gasteiger charge is 2.28. The molecular weight excluding hydrogens is 294 g/mol. The second-order valence-electron chi connectivity index (χ2n) is 4.88. The first kappa shape index (κ1) is 15.5. The first-order valence-electron chi connectivity index (χ1n) is 6.45. The fourth-order valence-electron chi connectivity index (χ4n) is 2.05. The molecule has 0 spiro atoms. The van der Waals surface area contributed by atoms with E-state index < -0.39 is 15.9 Å². The normalized spacial score (nSPS) is 18.4. The number of carbonyl (C=O) groups excluding carboxylic acids is 2. The summed E-state index contributed by atoms with van der Waals surface area (Å²) >= 11 is 0. The predicted molar refractivity (Wildman–Crippen MR) is 77.2 cm³/mol. The van der Waals surface area contributed by atoms with Crippen LogP contribution >= 0.6 is 0 Å². The van der Waals surface area contributed by atoms with Gasteiger partial charge in [-0.3, -0.25) is 9.59 Å². The van der Waals surface area contributed by atoms with E-state index in [0.717, 1.165) is 5.56 Å². The Kier molecular flexibility index (Phi) is 4.29. The summed E-state index contributed by atoms with van der Waals surface area (Å²) in [6, 6.07) is 4.50. The van der Waals surface area contributed by atoms with Gasteiger partial charge in [0.2, 0.25) is 21.8 Å². The van der Waals surface area contributed by atoms with Crippen molar-refractivity contribution in [2.75, 3.05) is 18.9 Å². The molecule has 2 amide bonds. The largest absolute Gasteiger partial charge is 0.355 e. The van der Waals surface area contributed by atoms with Crippen LogP contribution in [0.5, 0.6) is 0 Å². The van der Waals surface area contributed by atoms with E-state index in [0.29, 0.717) is 12.2 Å². The van der Waals surface area contributed by atoms with Crippen molar-refractivity contribution < 1.29 is 18.0 Å². The summed E-state index contributed by atoms with van der Waals surface area (Å²) in [4.78, 5) is 23.3. The molecular formula is C13H17N3O4S. The van der Waals surface area contributed by atoms with E-state index in [2.05, 4.69) is 15.4 Å². The predicted octanol–water partition coefficient (Wildman–Crippen LogP) is -0.0223. The lowest BCUT2D eigenvalue weighted by atomic mass is 10.1. The lowest BCUT2D eigenvalue weighted by Gasteiger charge is -2.13. The van der Waals surface area contributed by atoms with Crippen LogP contribution in [0.2, 0.25) is 0 Å². The van der Waals surface area contributed by atoms with Crippen LogP contribution in [0.4, 0.5) is 5.69 Å². The minimum absolute atomic E-state index is 0.0755. The molecule has 1 aromatic rings. The number of rotatable bonds is 4. The molecule has 0 aromatic heterocycles. The molecule has 1 heterocycles. The average molecular weight is 311 g/mol. The van der Waals surface area contributed by atoms with Crippen LogP contribution in [-0.2, 0) is 19.6 Å². The molecule has 1 aliphatic rings. The Hall–Kier alpha value is -1.93. The Morgan fingerprint density at radius 3 is 2.67 bits per heavy atom. The first-order chi connectivity index (χ1) is 9.83. The summed E-state index contributed by atoms with van der Waals surface area (Å²) in [6.07, 6.45) is 0.152. The summed E-state index contributed by atoms with van der Waals surface area (Å²) in [7, 11) is -2.25. The van der Waals surface area contributed by atoms with Gasteiger partial charge in [-0.2, -0.15) is 0 Å². The Morgan fingerprint density at radius 1 is 1.38 bits per heavy atom. The van der Waals surface area contributed by atoms with Gasteiger partial charge in [0.25, 0.3) is 0 Å². The summed E-state index contributed by atoms with van der Waals surface area (Å²) in [5, 5.41) is 5.28. The minimum atomic E-state index is -3.57. The van der Waals surface area contributed by atoms with Crippen molar-refractivity contribution in [3.63, 3.8) is 0 Å². The summed E-state index contributed by atoms with van der Waals surface area (Å²) in [6.45, 7) is 2.07. The molecule has 1 atom stereocenters. The van der Waals surface area contributed by atoms with E-state index >= 15 is 0 Å². The van der Waals surface area contributed by atoms with Crippen LogP contribution in [0, 0.1) is 12.8 Å². The van der Waals surface area contributed by atoms with Crippen LogP contribution in [0.25, 0.3) is 0 Å². The number of nitrogens with one attached hydrogen (secondary N) is 3. The third-order valence-corrected chi connectivity index (χ3v) is 4.81. The van der Waals surface area contributed by atoms with Crippen molar-refractivity contribution in [1.29, 1.82) is 0 Å². The molecule has 1 unspecified atom stereocenters. The Balaban J connectivity index is 2.22. The van der Waals surface area contributed by atoms with E-state index in [1.807, 2.05) is 0 Å². The monoisotopic (exact) mass is 311 g/mol. The second-order valence-corrected chi connectivity index (χ2v) is 6.77. The van der Waals surface area contributed by atoms with Crippen LogP contribution in [0.1, 0.15) is 12.0 Å². The highest BCUT2D eigenvalue weighted by atomic mass is 32.2. The third kappa shape index (κ3) is 3.40. The minimum Gasteiger partial charge on any atom is -0.355 e. The standard InChI is InChI=1S/C13H17N3O4S/c1-8-3-4-10(21(19,20)14-2)6-11(8)16-13(18)9-5-12(17)15-7-9/h3-4,6,9,14H,5,7H2,1-2H3,(H,15,17)(H,16,18). The van der Waals surface area contributed by atoms with E-state index in [9.17, 15) is 18.0 Å². The van der Waals surface area contributed by atoms with E-state index in [1.165, 1.54) is 19.2 Å². The van der Waals surface area contributed by atoms with Gasteiger partial charge in [0.05, 0.1) is 10.8 Å². The van der Waals surface area contributed by atoms with Crippen LogP contribution in [0.15, 0.2) is 23.1 Å². The molecule has 2 rings (SSSR count). The quantitative estimate of drug-likeness (QED) is 0.726. The van der Waals surface area contributed by atoms with Gasteiger partial charge in [-0.25, -0.2) is 13.1 Å². The van der Waals surface area contributed by atoms with Crippen molar-refractivity contribution in [1.82, 2.24) is 10.0 Å². The van der Waals surface area contributed by atoms with Gasteiger partial charge >= 0.3 is 0 Å². The molecule has 1 aliphatic heterocycles. The Morgan fingerprint density at radius 2 is 2.10 bits per heavy atom. The van der Waals surface area contributed by atoms with Gasteiger partial charge in [0.15, 0.2) is 0 Å². The maximum Gasteiger partial charge on any atom is 0.240 e. The molecule has 3 N–H and O–H groups in total. The number of hydrogen-bond donors (Lipinski definition) is 3. The van der Waals surface area contributed by atoms with E-state index in [-0.39, 0.29) is 23.1 Å². The number of benzene rings is 1. The number of anilines is 1. The molecule has 114 valence electrons. The topological polar surface area (TPSA) is 104 Å². The lowest BCUT2D eigenvalue weighted by Crippen LogP contribution is -2.25. The molecule has 21 heavy (non-hydrogen) atoms. The molecule has 1 fully saturated rings. The lowest BCUT2D eigenvalue weighted by molar-refractivity contribution is -0.123. The molecule has 0 aliphatic carbocycles. The van der Waals surface area contributed by atoms with Crippen LogP contribution < -0.4 is 15.4 Å². The van der Waals surface area contributed by atoms with Crippen molar-refractivity contribution in [2.45, 2.75) is 18.2 Å². The summed E-state index contributed by atoms with van der Waals surface area (Å²) in [5.74, 6) is -0.879. The summed E-state index contributed by atoms with van der Waals surface area (Å²) in [5.41, 5.74) is 1.17. The van der Waals surface area contributed by atoms with Crippen molar-refractivity contribution >= 4 is 27.5 Å². The van der Waals surface area contributed by atoms with Gasteiger partial charge in [0.1, 0.15) is 0 Å². The fraction of sp³-hybridized carbons (Fsp3) is 0.385. The second kappa shape index (κ2) is 5.82. The van der Waals surface area contributed by atoms with Gasteiger partial charge in [-0.1, -0.05) is 6.07 Å². The van der Waals surface area contributed by atoms with Gasteiger partial charge < -0.3 is 10.6 Å². The smallest absolute Gasteiger partial charge is 0.240 e. The third-order valence-electron chi connectivity index (χ3n) is 3.39. The van der Waals surface area contributed by atoms with Crippen LogP contribution in [-0.4, -0.2) is 33.8 Å². The Bertz CT molecular complexity index is 685. The fourth-order valence-corrected chi connectivity index (χ4v) is 2.80. The van der Waals surface area contributed by atoms with E-state index in [1.54, 1.807) is 13.0 Å². The molecule has 0 radical (unpaired) electrons. The summed E-state index contributed by atoms with van der Waals surface area (Å²) < 4.78 is 25.8. The average Bonchev–Trinajstić information content (AvgIpc) is 2.87. The molecule has 7 nitrogen and oxygen atoms in total. The van der Waals surface area contributed by atoms with Crippen molar-refractivity contribution in [3.05, 3.63) is 23.8 Å². The number of sulfonamides is 1. The molecule has 0 bridgehead atoms. The van der Waals surface area contributed by atoms with E-state index in [4.69, 9.17) is 0 Å². The van der Waals surface area contributed by atoms with Gasteiger partial charge in [-0.05, 0) is 31.7 Å². The van der Waals surface area contributed by atoms with Crippen LogP contribution in [0.3, 0.4) is 0 Å². The number of aryl methyl sites for hydroxylation is 1. The Labute approximate surface area is 123 Å². The molecule has 0 saturated carbocycles. The van der Waals surface area contributed by atoms with Crippen molar-refractivity contribution in [3.8, 4) is 0 Å². The van der Waals surface area contributed by atoms with Crippen molar-refractivity contribution in [2.24, 2.45) is 5.92 Å². The number of amides is 2. The zero-order valence-corrected chi connectivity index (χ0v) is 12.6. The zero-order chi connectivity index (χ0) is 15.6. The zero-order valence-electron chi connectivity index (χ0n) is 11.8. The first-order valence-corrected chi connectivity index (χ1v) is 7.93. The SMILES string of the molecule is CNS(=O)(=O)c1ccc(C)c(NC(=O)C2CNC(=O)C2)c1. The van der Waals surface area contributed by atoms with Gasteiger partial charge in [-0.15, -0.1) is 0 Å². The molecule has 1 saturated heterocycles. The highest BCUT2D eigenvalue weighted by molar-refractivity contribution is 7.89. The number of hydrogen-bond acceptors (Lipinski definition) is 4. The highest BCUT2D eigenvalue weighted by Crippen LogP contribution is 2.21.